The lowest BCUT2D eigenvalue weighted by atomic mass is 10.1. The van der Waals surface area contributed by atoms with Crippen molar-refractivity contribution in [1.82, 2.24) is 25.3 Å². The van der Waals surface area contributed by atoms with E-state index >= 15 is 0 Å². The fourth-order valence-electron chi connectivity index (χ4n) is 2.69. The summed E-state index contributed by atoms with van der Waals surface area (Å²) in [7, 11) is 0. The van der Waals surface area contributed by atoms with Crippen molar-refractivity contribution < 1.29 is 9.53 Å². The summed E-state index contributed by atoms with van der Waals surface area (Å²) >= 11 is 0. The highest BCUT2D eigenvalue weighted by atomic mass is 16.5. The Labute approximate surface area is 146 Å². The molecule has 25 heavy (non-hydrogen) atoms. The summed E-state index contributed by atoms with van der Waals surface area (Å²) in [4.78, 5) is 31.3. The monoisotopic (exact) mass is 342 g/mol. The molecular weight excluding hydrogens is 320 g/mol. The number of hydrogen-bond acceptors (Lipinski definition) is 7. The van der Waals surface area contributed by atoms with Crippen LogP contribution in [0.2, 0.25) is 0 Å². The average molecular weight is 342 g/mol. The summed E-state index contributed by atoms with van der Waals surface area (Å²) in [6.45, 7) is 5.40. The zero-order valence-electron chi connectivity index (χ0n) is 14.3. The Kier molecular flexibility index (Phi) is 5.84. The van der Waals surface area contributed by atoms with Crippen LogP contribution >= 0.6 is 0 Å². The van der Waals surface area contributed by atoms with Gasteiger partial charge in [0.2, 0.25) is 0 Å². The second kappa shape index (κ2) is 8.48. The van der Waals surface area contributed by atoms with Gasteiger partial charge in [-0.1, -0.05) is 13.3 Å². The van der Waals surface area contributed by atoms with Crippen LogP contribution in [0.5, 0.6) is 0 Å². The predicted octanol–water partition coefficient (Wildman–Crippen LogP) is 0.986. The standard InChI is InChI=1S/C17H22N6O2/c1-2-3-15-14(10-18-11-21-15)17(24)19-9-13-8-16(22-12-20-13)23-4-6-25-7-5-23/h8,10-12H,2-7,9H2,1H3,(H,19,24). The van der Waals surface area contributed by atoms with E-state index in [1.165, 1.54) is 12.7 Å². The summed E-state index contributed by atoms with van der Waals surface area (Å²) in [6, 6.07) is 1.90. The Bertz CT molecular complexity index is 718. The number of amides is 1. The summed E-state index contributed by atoms with van der Waals surface area (Å²) < 4.78 is 5.36. The lowest BCUT2D eigenvalue weighted by molar-refractivity contribution is 0.0948. The summed E-state index contributed by atoms with van der Waals surface area (Å²) in [5.41, 5.74) is 2.05. The third kappa shape index (κ3) is 4.48. The lowest BCUT2D eigenvalue weighted by Crippen LogP contribution is -2.37. The average Bonchev–Trinajstić information content (AvgIpc) is 2.68. The van der Waals surface area contributed by atoms with Crippen molar-refractivity contribution in [3.8, 4) is 0 Å². The maximum Gasteiger partial charge on any atom is 0.255 e. The molecule has 132 valence electrons. The molecule has 0 saturated carbocycles. The molecule has 0 unspecified atom stereocenters. The third-order valence-electron chi connectivity index (χ3n) is 4.00. The molecule has 0 atom stereocenters. The maximum atomic E-state index is 12.4. The minimum Gasteiger partial charge on any atom is -0.378 e. The van der Waals surface area contributed by atoms with Gasteiger partial charge in [0.1, 0.15) is 18.5 Å². The smallest absolute Gasteiger partial charge is 0.255 e. The van der Waals surface area contributed by atoms with Crippen LogP contribution in [-0.4, -0.2) is 52.1 Å². The topological polar surface area (TPSA) is 93.1 Å². The highest BCUT2D eigenvalue weighted by Crippen LogP contribution is 2.13. The first-order chi connectivity index (χ1) is 12.3. The van der Waals surface area contributed by atoms with E-state index in [0.29, 0.717) is 25.3 Å². The number of aromatic nitrogens is 4. The Balaban J connectivity index is 1.64. The van der Waals surface area contributed by atoms with Crippen molar-refractivity contribution in [2.24, 2.45) is 0 Å². The van der Waals surface area contributed by atoms with Crippen molar-refractivity contribution in [3.63, 3.8) is 0 Å². The van der Waals surface area contributed by atoms with E-state index in [0.717, 1.165) is 43.1 Å². The number of carbonyl (C=O) groups is 1. The van der Waals surface area contributed by atoms with Gasteiger partial charge in [-0.05, 0) is 6.42 Å². The highest BCUT2D eigenvalue weighted by Gasteiger charge is 2.15. The molecule has 0 spiro atoms. The second-order valence-corrected chi connectivity index (χ2v) is 5.78. The fraction of sp³-hybridized carbons (Fsp3) is 0.471. The van der Waals surface area contributed by atoms with Crippen molar-refractivity contribution >= 4 is 11.7 Å². The van der Waals surface area contributed by atoms with Gasteiger partial charge in [-0.25, -0.2) is 19.9 Å². The molecule has 0 radical (unpaired) electrons. The summed E-state index contributed by atoms with van der Waals surface area (Å²) in [6.07, 6.45) is 6.24. The fourth-order valence-corrected chi connectivity index (χ4v) is 2.69. The highest BCUT2D eigenvalue weighted by molar-refractivity contribution is 5.94. The predicted molar refractivity (Wildman–Crippen MR) is 92.3 cm³/mol. The van der Waals surface area contributed by atoms with Crippen molar-refractivity contribution in [2.75, 3.05) is 31.2 Å². The van der Waals surface area contributed by atoms with Crippen LogP contribution in [-0.2, 0) is 17.7 Å². The molecule has 1 amide bonds. The number of aryl methyl sites for hydroxylation is 1. The van der Waals surface area contributed by atoms with Crippen LogP contribution in [0.4, 0.5) is 5.82 Å². The van der Waals surface area contributed by atoms with Crippen LogP contribution in [0.25, 0.3) is 0 Å². The van der Waals surface area contributed by atoms with Crippen molar-refractivity contribution in [2.45, 2.75) is 26.3 Å². The molecule has 1 aliphatic rings. The molecule has 3 rings (SSSR count). The number of morpholine rings is 1. The van der Waals surface area contributed by atoms with E-state index in [1.54, 1.807) is 6.20 Å². The Morgan fingerprint density at radius 1 is 1.24 bits per heavy atom. The molecule has 1 N–H and O–H groups in total. The van der Waals surface area contributed by atoms with Crippen LogP contribution < -0.4 is 10.2 Å². The molecule has 1 fully saturated rings. The molecule has 1 aliphatic heterocycles. The number of nitrogens with one attached hydrogen (secondary N) is 1. The van der Waals surface area contributed by atoms with Gasteiger partial charge in [-0.3, -0.25) is 4.79 Å². The minimum absolute atomic E-state index is 0.185. The summed E-state index contributed by atoms with van der Waals surface area (Å²) in [5.74, 6) is 0.674. The van der Waals surface area contributed by atoms with E-state index in [1.807, 2.05) is 6.07 Å². The van der Waals surface area contributed by atoms with Gasteiger partial charge in [0.05, 0.1) is 36.7 Å². The Morgan fingerprint density at radius 2 is 2.08 bits per heavy atom. The molecule has 1 saturated heterocycles. The zero-order chi connectivity index (χ0) is 17.5. The van der Waals surface area contributed by atoms with Crippen molar-refractivity contribution in [1.29, 1.82) is 0 Å². The molecule has 0 bridgehead atoms. The van der Waals surface area contributed by atoms with Gasteiger partial charge in [0, 0.05) is 25.4 Å². The molecule has 2 aromatic heterocycles. The molecular formula is C17H22N6O2. The van der Waals surface area contributed by atoms with E-state index in [4.69, 9.17) is 4.74 Å². The molecule has 3 heterocycles. The van der Waals surface area contributed by atoms with Crippen LogP contribution in [0, 0.1) is 0 Å². The van der Waals surface area contributed by atoms with E-state index < -0.39 is 0 Å². The lowest BCUT2D eigenvalue weighted by Gasteiger charge is -2.27. The largest absolute Gasteiger partial charge is 0.378 e. The van der Waals surface area contributed by atoms with Gasteiger partial charge >= 0.3 is 0 Å². The Morgan fingerprint density at radius 3 is 2.88 bits per heavy atom. The SMILES string of the molecule is CCCc1ncncc1C(=O)NCc1cc(N2CCOCC2)ncn1. The second-order valence-electron chi connectivity index (χ2n) is 5.78. The maximum absolute atomic E-state index is 12.4. The van der Waals surface area contributed by atoms with Crippen LogP contribution in [0.1, 0.15) is 35.1 Å². The van der Waals surface area contributed by atoms with Gasteiger partial charge in [0.25, 0.3) is 5.91 Å². The first kappa shape index (κ1) is 17.2. The quantitative estimate of drug-likeness (QED) is 0.836. The number of hydrogen-bond donors (Lipinski definition) is 1. The van der Waals surface area contributed by atoms with Gasteiger partial charge in [-0.15, -0.1) is 0 Å². The molecule has 2 aromatic rings. The number of anilines is 1. The molecule has 8 heteroatoms. The number of carbonyl (C=O) groups excluding carboxylic acids is 1. The first-order valence-corrected chi connectivity index (χ1v) is 8.48. The zero-order valence-corrected chi connectivity index (χ0v) is 14.3. The first-order valence-electron chi connectivity index (χ1n) is 8.48. The van der Waals surface area contributed by atoms with E-state index in [-0.39, 0.29) is 5.91 Å². The van der Waals surface area contributed by atoms with Gasteiger partial charge in [0.15, 0.2) is 0 Å². The summed E-state index contributed by atoms with van der Waals surface area (Å²) in [5, 5.41) is 2.89. The van der Waals surface area contributed by atoms with Crippen LogP contribution in [0.15, 0.2) is 24.9 Å². The number of rotatable bonds is 6. The third-order valence-corrected chi connectivity index (χ3v) is 4.00. The normalized spacial score (nSPS) is 14.4. The van der Waals surface area contributed by atoms with Crippen molar-refractivity contribution in [3.05, 3.63) is 41.9 Å². The molecule has 0 aromatic carbocycles. The molecule has 0 aliphatic carbocycles. The van der Waals surface area contributed by atoms with Gasteiger partial charge < -0.3 is 15.0 Å². The molecule has 8 nitrogen and oxygen atoms in total. The van der Waals surface area contributed by atoms with Crippen LogP contribution in [0.3, 0.4) is 0 Å². The number of ether oxygens (including phenoxy) is 1. The minimum atomic E-state index is -0.185. The van der Waals surface area contributed by atoms with Gasteiger partial charge in [-0.2, -0.15) is 0 Å². The van der Waals surface area contributed by atoms with E-state index in [9.17, 15) is 4.79 Å². The Hall–Kier alpha value is -2.61. The van der Waals surface area contributed by atoms with E-state index in [2.05, 4.69) is 37.1 Å². The number of nitrogens with zero attached hydrogens (tertiary/aromatic N) is 5.